The summed E-state index contributed by atoms with van der Waals surface area (Å²) in [6.07, 6.45) is 1.05. The van der Waals surface area contributed by atoms with Crippen LogP contribution >= 0.6 is 0 Å². The van der Waals surface area contributed by atoms with Crippen molar-refractivity contribution in [2.24, 2.45) is 0 Å². The van der Waals surface area contributed by atoms with Crippen LogP contribution in [0.15, 0.2) is 0 Å². The highest BCUT2D eigenvalue weighted by Gasteiger charge is 2.26. The topological polar surface area (TPSA) is 99.2 Å². The van der Waals surface area contributed by atoms with E-state index in [-0.39, 0.29) is 24.6 Å². The van der Waals surface area contributed by atoms with Gasteiger partial charge in [-0.3, -0.25) is 4.79 Å². The Labute approximate surface area is 124 Å². The number of carbonyl (C=O) groups is 3. The number of nitrogens with zero attached hydrogens (tertiary/aromatic N) is 2. The van der Waals surface area contributed by atoms with Crippen molar-refractivity contribution in [3.8, 4) is 0 Å². The number of likely N-dealkylation sites (tertiary alicyclic amines) is 1. The lowest BCUT2D eigenvalue weighted by Crippen LogP contribution is -2.52. The van der Waals surface area contributed by atoms with Gasteiger partial charge in [-0.2, -0.15) is 0 Å². The van der Waals surface area contributed by atoms with E-state index in [4.69, 9.17) is 9.84 Å². The Morgan fingerprint density at radius 2 is 1.90 bits per heavy atom. The van der Waals surface area contributed by atoms with Gasteiger partial charge in [0.2, 0.25) is 5.91 Å². The van der Waals surface area contributed by atoms with Crippen LogP contribution in [0.1, 0.15) is 19.8 Å². The third-order valence-electron chi connectivity index (χ3n) is 3.32. The fourth-order valence-electron chi connectivity index (χ4n) is 2.14. The fourth-order valence-corrected chi connectivity index (χ4v) is 2.14. The number of rotatable bonds is 5. The number of carboxylic acid groups (broad SMARTS) is 1. The molecule has 2 N–H and O–H groups in total. The van der Waals surface area contributed by atoms with Crippen molar-refractivity contribution in [3.05, 3.63) is 0 Å². The second kappa shape index (κ2) is 7.82. The maximum absolute atomic E-state index is 12.0. The molecular formula is C13H23N3O5. The Hall–Kier alpha value is -1.83. The molecule has 120 valence electrons. The summed E-state index contributed by atoms with van der Waals surface area (Å²) < 4.78 is 5.20. The van der Waals surface area contributed by atoms with Crippen molar-refractivity contribution in [2.45, 2.75) is 31.9 Å². The van der Waals surface area contributed by atoms with E-state index >= 15 is 0 Å². The standard InChI is InChI=1S/C13H23N3O5/c1-9(12(19)15(2)3)14-13(20)16-6-4-10(5-7-16)21-8-11(17)18/h9-10H,4-8H2,1-3H3,(H,14,20)(H,17,18). The van der Waals surface area contributed by atoms with Crippen LogP contribution < -0.4 is 5.32 Å². The zero-order chi connectivity index (χ0) is 16.0. The van der Waals surface area contributed by atoms with Gasteiger partial charge in [-0.15, -0.1) is 0 Å². The van der Waals surface area contributed by atoms with Crippen LogP contribution in [0.4, 0.5) is 4.79 Å². The lowest BCUT2D eigenvalue weighted by atomic mass is 10.1. The SMILES string of the molecule is CC(NC(=O)N1CCC(OCC(=O)O)CC1)C(=O)N(C)C. The summed E-state index contributed by atoms with van der Waals surface area (Å²) in [5.41, 5.74) is 0. The molecule has 0 radical (unpaired) electrons. The second-order valence-corrected chi connectivity index (χ2v) is 5.29. The zero-order valence-corrected chi connectivity index (χ0v) is 12.7. The highest BCUT2D eigenvalue weighted by atomic mass is 16.5. The van der Waals surface area contributed by atoms with E-state index in [1.807, 2.05) is 0 Å². The summed E-state index contributed by atoms with van der Waals surface area (Å²) in [5, 5.41) is 11.2. The molecule has 0 spiro atoms. The zero-order valence-electron chi connectivity index (χ0n) is 12.7. The van der Waals surface area contributed by atoms with E-state index in [1.165, 1.54) is 4.90 Å². The van der Waals surface area contributed by atoms with Crippen molar-refractivity contribution in [2.75, 3.05) is 33.8 Å². The molecule has 8 heteroatoms. The van der Waals surface area contributed by atoms with Gasteiger partial charge in [0, 0.05) is 27.2 Å². The molecule has 1 atom stereocenters. The molecular weight excluding hydrogens is 278 g/mol. The molecule has 3 amide bonds. The number of likely N-dealkylation sites (N-methyl/N-ethyl adjacent to an activating group) is 1. The van der Waals surface area contributed by atoms with Gasteiger partial charge in [-0.1, -0.05) is 0 Å². The van der Waals surface area contributed by atoms with Gasteiger partial charge in [-0.05, 0) is 19.8 Å². The first kappa shape index (κ1) is 17.2. The average Bonchev–Trinajstić information content (AvgIpc) is 2.44. The number of carbonyl (C=O) groups excluding carboxylic acids is 2. The van der Waals surface area contributed by atoms with Crippen LogP contribution in [0.3, 0.4) is 0 Å². The average molecular weight is 301 g/mol. The molecule has 1 unspecified atom stereocenters. The molecule has 0 aliphatic carbocycles. The fraction of sp³-hybridized carbons (Fsp3) is 0.769. The number of hydrogen-bond acceptors (Lipinski definition) is 4. The van der Waals surface area contributed by atoms with Crippen LogP contribution in [0, 0.1) is 0 Å². The predicted molar refractivity (Wildman–Crippen MR) is 74.9 cm³/mol. The minimum atomic E-state index is -0.994. The molecule has 8 nitrogen and oxygen atoms in total. The first-order valence-electron chi connectivity index (χ1n) is 6.91. The first-order valence-corrected chi connectivity index (χ1v) is 6.91. The van der Waals surface area contributed by atoms with Gasteiger partial charge in [-0.25, -0.2) is 9.59 Å². The lowest BCUT2D eigenvalue weighted by Gasteiger charge is -2.32. The maximum Gasteiger partial charge on any atom is 0.329 e. The van der Waals surface area contributed by atoms with Crippen LogP contribution in [0.5, 0.6) is 0 Å². The Bertz CT molecular complexity index is 391. The second-order valence-electron chi connectivity index (χ2n) is 5.29. The van der Waals surface area contributed by atoms with Crippen molar-refractivity contribution >= 4 is 17.9 Å². The van der Waals surface area contributed by atoms with Crippen LogP contribution in [0.2, 0.25) is 0 Å². The number of hydrogen-bond donors (Lipinski definition) is 2. The summed E-state index contributed by atoms with van der Waals surface area (Å²) in [6, 6.07) is -0.858. The summed E-state index contributed by atoms with van der Waals surface area (Å²) in [7, 11) is 3.27. The van der Waals surface area contributed by atoms with Crippen LogP contribution in [0.25, 0.3) is 0 Å². The molecule has 0 aromatic heterocycles. The van der Waals surface area contributed by atoms with E-state index in [0.29, 0.717) is 25.9 Å². The van der Waals surface area contributed by atoms with Crippen molar-refractivity contribution in [3.63, 3.8) is 0 Å². The molecule has 21 heavy (non-hydrogen) atoms. The molecule has 0 aromatic carbocycles. The van der Waals surface area contributed by atoms with Crippen molar-refractivity contribution in [1.82, 2.24) is 15.1 Å². The van der Waals surface area contributed by atoms with E-state index in [1.54, 1.807) is 25.9 Å². The molecule has 1 heterocycles. The van der Waals surface area contributed by atoms with E-state index < -0.39 is 12.0 Å². The number of aliphatic carboxylic acids is 1. The third-order valence-corrected chi connectivity index (χ3v) is 3.32. The summed E-state index contributed by atoms with van der Waals surface area (Å²) >= 11 is 0. The Kier molecular flexibility index (Phi) is 6.41. The van der Waals surface area contributed by atoms with Crippen LogP contribution in [-0.4, -0.2) is 78.8 Å². The van der Waals surface area contributed by atoms with Crippen molar-refractivity contribution < 1.29 is 24.2 Å². The molecule has 0 bridgehead atoms. The van der Waals surface area contributed by atoms with Gasteiger partial charge in [0.25, 0.3) is 0 Å². The Morgan fingerprint density at radius 1 is 1.33 bits per heavy atom. The van der Waals surface area contributed by atoms with Gasteiger partial charge >= 0.3 is 12.0 Å². The summed E-state index contributed by atoms with van der Waals surface area (Å²) in [5.74, 6) is -1.16. The largest absolute Gasteiger partial charge is 0.480 e. The molecule has 1 aliphatic heterocycles. The van der Waals surface area contributed by atoms with Crippen molar-refractivity contribution in [1.29, 1.82) is 0 Å². The van der Waals surface area contributed by atoms with E-state index in [2.05, 4.69) is 5.32 Å². The molecule has 1 saturated heterocycles. The van der Waals surface area contributed by atoms with Gasteiger partial charge in [0.05, 0.1) is 6.10 Å². The minimum absolute atomic E-state index is 0.133. The normalized spacial score (nSPS) is 17.2. The number of amides is 3. The molecule has 0 saturated carbocycles. The van der Waals surface area contributed by atoms with Gasteiger partial charge in [0.1, 0.15) is 12.6 Å². The Balaban J connectivity index is 2.35. The number of piperidine rings is 1. The smallest absolute Gasteiger partial charge is 0.329 e. The number of ether oxygens (including phenoxy) is 1. The van der Waals surface area contributed by atoms with E-state index in [0.717, 1.165) is 0 Å². The number of urea groups is 1. The quantitative estimate of drug-likeness (QED) is 0.729. The monoisotopic (exact) mass is 301 g/mol. The molecule has 1 fully saturated rings. The third kappa shape index (κ3) is 5.58. The number of carboxylic acids is 1. The highest BCUT2D eigenvalue weighted by Crippen LogP contribution is 2.13. The Morgan fingerprint density at radius 3 is 2.38 bits per heavy atom. The molecule has 1 aliphatic rings. The van der Waals surface area contributed by atoms with Crippen LogP contribution in [-0.2, 0) is 14.3 Å². The summed E-state index contributed by atoms with van der Waals surface area (Å²) in [6.45, 7) is 2.30. The van der Waals surface area contributed by atoms with E-state index in [9.17, 15) is 14.4 Å². The minimum Gasteiger partial charge on any atom is -0.480 e. The van der Waals surface area contributed by atoms with Gasteiger partial charge < -0.3 is 25.0 Å². The number of nitrogens with one attached hydrogen (secondary N) is 1. The highest BCUT2D eigenvalue weighted by molar-refractivity contribution is 5.86. The van der Waals surface area contributed by atoms with Gasteiger partial charge in [0.15, 0.2) is 0 Å². The molecule has 1 rings (SSSR count). The lowest BCUT2D eigenvalue weighted by molar-refractivity contribution is -0.145. The first-order chi connectivity index (χ1) is 9.81. The molecule has 0 aromatic rings. The maximum atomic E-state index is 12.0. The summed E-state index contributed by atoms with van der Waals surface area (Å²) in [4.78, 5) is 37.2. The predicted octanol–water partition coefficient (Wildman–Crippen LogP) is -0.262.